The van der Waals surface area contributed by atoms with Crippen molar-refractivity contribution in [2.45, 2.75) is 24.9 Å². The smallest absolute Gasteiger partial charge is 0.317 e. The summed E-state index contributed by atoms with van der Waals surface area (Å²) in [6.07, 6.45) is 0.0608. The van der Waals surface area contributed by atoms with Gasteiger partial charge in [0, 0.05) is 30.0 Å². The maximum absolute atomic E-state index is 12.9. The lowest BCUT2D eigenvalue weighted by atomic mass is 9.98. The summed E-state index contributed by atoms with van der Waals surface area (Å²) in [6.45, 7) is 0.572. The fourth-order valence-electron chi connectivity index (χ4n) is 3.75. The van der Waals surface area contributed by atoms with Gasteiger partial charge in [-0.25, -0.2) is 4.99 Å². The minimum atomic E-state index is -0.967. The highest BCUT2D eigenvalue weighted by atomic mass is 16.4. The van der Waals surface area contributed by atoms with Crippen LogP contribution in [0.2, 0.25) is 0 Å². The average Bonchev–Trinajstić information content (AvgIpc) is 3.21. The molecule has 1 saturated heterocycles. The Morgan fingerprint density at radius 1 is 1.00 bits per heavy atom. The molecule has 3 N–H and O–H groups in total. The van der Waals surface area contributed by atoms with Crippen LogP contribution in [0.15, 0.2) is 64.0 Å². The second kappa shape index (κ2) is 8.02. The molecule has 31 heavy (non-hydrogen) atoms. The maximum Gasteiger partial charge on any atom is 0.317 e. The molecule has 9 heteroatoms. The molecule has 0 saturated carbocycles. The first-order valence-corrected chi connectivity index (χ1v) is 10.1. The molecule has 0 radical (unpaired) electrons. The number of carbonyl (C=O) groups is 2. The zero-order valence-electron chi connectivity index (χ0n) is 16.5. The molecule has 2 aromatic carbocycles. The second-order valence-corrected chi connectivity index (χ2v) is 7.41. The van der Waals surface area contributed by atoms with Crippen molar-refractivity contribution >= 4 is 29.2 Å². The van der Waals surface area contributed by atoms with Gasteiger partial charge in [-0.1, -0.05) is 53.6 Å². The van der Waals surface area contributed by atoms with Gasteiger partial charge in [0.05, 0.1) is 11.4 Å². The van der Waals surface area contributed by atoms with Crippen molar-refractivity contribution in [3.63, 3.8) is 0 Å². The second-order valence-electron chi connectivity index (χ2n) is 7.41. The van der Waals surface area contributed by atoms with Gasteiger partial charge in [0.25, 0.3) is 5.91 Å². The first kappa shape index (κ1) is 19.0. The van der Waals surface area contributed by atoms with Gasteiger partial charge in [-0.3, -0.25) is 9.59 Å². The number of amides is 2. The lowest BCUT2D eigenvalue weighted by molar-refractivity contribution is -0.122. The van der Waals surface area contributed by atoms with Crippen LogP contribution in [0, 0.1) is 0 Å². The summed E-state index contributed by atoms with van der Waals surface area (Å²) in [5.41, 5.74) is 3.07. The number of benzene rings is 2. The minimum absolute atomic E-state index is 0.0398. The Labute approximate surface area is 178 Å². The molecule has 1 fully saturated rings. The molecule has 5 rings (SSSR count). The number of nitrogens with zero attached hydrogens (tertiary/aromatic N) is 3. The summed E-state index contributed by atoms with van der Waals surface area (Å²) in [5.74, 6) is -0.133. The third-order valence-corrected chi connectivity index (χ3v) is 5.29. The van der Waals surface area contributed by atoms with Gasteiger partial charge in [0.15, 0.2) is 0 Å². The lowest BCUT2D eigenvalue weighted by Crippen LogP contribution is -2.33. The maximum atomic E-state index is 12.9. The van der Waals surface area contributed by atoms with Crippen molar-refractivity contribution in [3.05, 3.63) is 71.6 Å². The number of hydrogen-bond donors (Lipinski definition) is 3. The van der Waals surface area contributed by atoms with Crippen LogP contribution in [-0.2, 0) is 9.59 Å². The molecule has 0 bridgehead atoms. The number of para-hydroxylation sites is 1. The summed E-state index contributed by atoms with van der Waals surface area (Å²) < 4.78 is 5.72. The topological polar surface area (TPSA) is 122 Å². The molecular formula is C22H20N6O3. The number of piperidine rings is 1. The molecule has 3 aromatic rings. The van der Waals surface area contributed by atoms with Crippen molar-refractivity contribution in [2.75, 3.05) is 17.2 Å². The molecule has 1 aromatic heterocycles. The number of aliphatic imine (C=N–C) groups is 1. The van der Waals surface area contributed by atoms with Gasteiger partial charge in [0.2, 0.25) is 18.0 Å². The number of carbonyl (C=O) groups excluding carboxylic acids is 2. The molecule has 0 spiro atoms. The van der Waals surface area contributed by atoms with E-state index in [2.05, 4.69) is 26.1 Å². The Kier molecular flexibility index (Phi) is 4.91. The molecule has 156 valence electrons. The molecule has 2 aliphatic rings. The number of nitrogens with one attached hydrogen (secondary N) is 3. The number of aromatic nitrogens is 2. The highest BCUT2D eigenvalue weighted by Crippen LogP contribution is 2.27. The predicted molar refractivity (Wildman–Crippen MR) is 114 cm³/mol. The quantitative estimate of drug-likeness (QED) is 0.600. The summed E-state index contributed by atoms with van der Waals surface area (Å²) in [4.78, 5) is 29.2. The third-order valence-electron chi connectivity index (χ3n) is 5.29. The van der Waals surface area contributed by atoms with Crippen LogP contribution < -0.4 is 16.0 Å². The van der Waals surface area contributed by atoms with Crippen LogP contribution in [0.3, 0.4) is 0 Å². The van der Waals surface area contributed by atoms with Gasteiger partial charge in [-0.05, 0) is 12.5 Å². The van der Waals surface area contributed by atoms with Crippen molar-refractivity contribution in [2.24, 2.45) is 4.99 Å². The van der Waals surface area contributed by atoms with Crippen LogP contribution in [0.25, 0.3) is 0 Å². The van der Waals surface area contributed by atoms with Gasteiger partial charge in [0.1, 0.15) is 0 Å². The molecule has 9 nitrogen and oxygen atoms in total. The van der Waals surface area contributed by atoms with Crippen molar-refractivity contribution < 1.29 is 14.0 Å². The molecule has 3 heterocycles. The SMILES string of the molecule is O=C1CC(c2nnc(NC3N=C(c4ccccc4)c4ccccc4NC3=O)o2)CCN1. The molecule has 2 aliphatic heterocycles. The first-order valence-electron chi connectivity index (χ1n) is 10.1. The van der Waals surface area contributed by atoms with Crippen molar-refractivity contribution in [3.8, 4) is 0 Å². The van der Waals surface area contributed by atoms with Crippen LogP contribution >= 0.6 is 0 Å². The number of benzodiazepines with no additional fused rings is 1. The van der Waals surface area contributed by atoms with Crippen molar-refractivity contribution in [1.82, 2.24) is 15.5 Å². The van der Waals surface area contributed by atoms with E-state index in [1.165, 1.54) is 0 Å². The largest absolute Gasteiger partial charge is 0.408 e. The first-order chi connectivity index (χ1) is 15.2. The summed E-state index contributed by atoms with van der Waals surface area (Å²) in [7, 11) is 0. The highest BCUT2D eigenvalue weighted by Gasteiger charge is 2.29. The van der Waals surface area contributed by atoms with Gasteiger partial charge >= 0.3 is 6.01 Å². The van der Waals surface area contributed by atoms with Gasteiger partial charge < -0.3 is 20.4 Å². The highest BCUT2D eigenvalue weighted by molar-refractivity contribution is 6.19. The zero-order valence-corrected chi connectivity index (χ0v) is 16.5. The normalized spacial score (nSPS) is 20.7. The van der Waals surface area contributed by atoms with E-state index in [-0.39, 0.29) is 23.7 Å². The minimum Gasteiger partial charge on any atom is -0.408 e. The Hall–Kier alpha value is -4.01. The van der Waals surface area contributed by atoms with Crippen molar-refractivity contribution in [1.29, 1.82) is 0 Å². The number of fused-ring (bicyclic) bond motifs is 1. The van der Waals surface area contributed by atoms with Gasteiger partial charge in [-0.15, -0.1) is 5.10 Å². The average molecular weight is 416 g/mol. The Balaban J connectivity index is 1.45. The summed E-state index contributed by atoms with van der Waals surface area (Å²) in [6, 6.07) is 17.3. The standard InChI is InChI=1S/C22H20N6O3/c29-17-12-14(10-11-23-17)21-27-28-22(31-21)26-19-20(30)24-16-9-5-4-8-15(16)18(25-19)13-6-2-1-3-7-13/h1-9,14,19H,10-12H2,(H,23,29)(H,24,30)(H,26,28). The van der Waals surface area contributed by atoms with Gasteiger partial charge in [-0.2, -0.15) is 0 Å². The monoisotopic (exact) mass is 416 g/mol. The van der Waals surface area contributed by atoms with Crippen LogP contribution in [-0.4, -0.2) is 40.4 Å². The Morgan fingerprint density at radius 2 is 1.81 bits per heavy atom. The summed E-state index contributed by atoms with van der Waals surface area (Å²) in [5, 5.41) is 16.7. The lowest BCUT2D eigenvalue weighted by Gasteiger charge is -2.18. The van der Waals surface area contributed by atoms with E-state index < -0.39 is 6.17 Å². The summed E-state index contributed by atoms with van der Waals surface area (Å²) >= 11 is 0. The molecule has 0 aliphatic carbocycles. The molecule has 2 amide bonds. The van der Waals surface area contributed by atoms with E-state index in [0.717, 1.165) is 17.5 Å². The molecule has 2 atom stereocenters. The van der Waals surface area contributed by atoms with E-state index >= 15 is 0 Å². The number of rotatable bonds is 4. The molecule has 2 unspecified atom stereocenters. The Bertz CT molecular complexity index is 1160. The van der Waals surface area contributed by atoms with Crippen LogP contribution in [0.4, 0.5) is 11.7 Å². The number of hydrogen-bond acceptors (Lipinski definition) is 7. The van der Waals surface area contributed by atoms with E-state index in [1.54, 1.807) is 0 Å². The fourth-order valence-corrected chi connectivity index (χ4v) is 3.75. The van der Waals surface area contributed by atoms with E-state index in [4.69, 9.17) is 9.41 Å². The van der Waals surface area contributed by atoms with E-state index in [1.807, 2.05) is 54.6 Å². The van der Waals surface area contributed by atoms with E-state index in [0.29, 0.717) is 30.3 Å². The van der Waals surface area contributed by atoms with Crippen LogP contribution in [0.5, 0.6) is 0 Å². The fraction of sp³-hybridized carbons (Fsp3) is 0.227. The predicted octanol–water partition coefficient (Wildman–Crippen LogP) is 2.29. The van der Waals surface area contributed by atoms with Crippen LogP contribution in [0.1, 0.15) is 35.8 Å². The molecular weight excluding hydrogens is 396 g/mol. The Morgan fingerprint density at radius 3 is 2.65 bits per heavy atom. The zero-order chi connectivity index (χ0) is 21.2. The number of anilines is 2. The third kappa shape index (κ3) is 3.89. The van der Waals surface area contributed by atoms with E-state index in [9.17, 15) is 9.59 Å².